The zero-order valence-electron chi connectivity index (χ0n) is 7.19. The van der Waals surface area contributed by atoms with Crippen molar-refractivity contribution in [1.82, 2.24) is 0 Å². The van der Waals surface area contributed by atoms with Gasteiger partial charge in [-0.1, -0.05) is 0 Å². The summed E-state index contributed by atoms with van der Waals surface area (Å²) in [6.45, 7) is -0.686. The molecular formula is C8H12O5. The Bertz CT molecular complexity index is 201. The van der Waals surface area contributed by atoms with Gasteiger partial charge in [-0.05, 0) is 12.8 Å². The minimum Gasteiger partial charge on any atom is -0.425 e. The van der Waals surface area contributed by atoms with Crippen LogP contribution in [-0.2, 0) is 19.1 Å². The molecule has 1 N–H and O–H groups in total. The highest BCUT2D eigenvalue weighted by Crippen LogP contribution is 2.14. The monoisotopic (exact) mass is 188 g/mol. The molecule has 0 unspecified atom stereocenters. The third-order valence-electron chi connectivity index (χ3n) is 1.73. The quantitative estimate of drug-likeness (QED) is 0.616. The van der Waals surface area contributed by atoms with E-state index in [1.165, 1.54) is 0 Å². The lowest BCUT2D eigenvalue weighted by molar-refractivity contribution is -0.188. The highest BCUT2D eigenvalue weighted by atomic mass is 16.7. The minimum atomic E-state index is -0.811. The molecule has 74 valence electrons. The summed E-state index contributed by atoms with van der Waals surface area (Å²) in [5, 5.41) is 8.39. The number of carbonyl (C=O) groups excluding carboxylic acids is 2. The van der Waals surface area contributed by atoms with Gasteiger partial charge in [-0.25, -0.2) is 4.79 Å². The van der Waals surface area contributed by atoms with Crippen LogP contribution in [0.2, 0.25) is 0 Å². The largest absolute Gasteiger partial charge is 0.425 e. The molecule has 13 heavy (non-hydrogen) atoms. The predicted molar refractivity (Wildman–Crippen MR) is 41.5 cm³/mol. The van der Waals surface area contributed by atoms with Crippen LogP contribution in [0.4, 0.5) is 0 Å². The van der Waals surface area contributed by atoms with Gasteiger partial charge in [0.05, 0.1) is 0 Å². The average Bonchev–Trinajstić information content (AvgIpc) is 2.30. The second kappa shape index (κ2) is 4.81. The maximum Gasteiger partial charge on any atom is 0.334 e. The van der Waals surface area contributed by atoms with Gasteiger partial charge in [0, 0.05) is 12.8 Å². The van der Waals surface area contributed by atoms with E-state index >= 15 is 0 Å². The van der Waals surface area contributed by atoms with Gasteiger partial charge in [0.2, 0.25) is 6.29 Å². The van der Waals surface area contributed by atoms with Gasteiger partial charge in [0.25, 0.3) is 0 Å². The summed E-state index contributed by atoms with van der Waals surface area (Å²) in [6, 6.07) is 0. The molecule has 1 heterocycles. The van der Waals surface area contributed by atoms with E-state index in [0.29, 0.717) is 12.8 Å². The Balaban J connectivity index is 2.39. The van der Waals surface area contributed by atoms with Crippen molar-refractivity contribution in [3.05, 3.63) is 0 Å². The van der Waals surface area contributed by atoms with E-state index in [-0.39, 0.29) is 5.97 Å². The van der Waals surface area contributed by atoms with Crippen LogP contribution in [0.25, 0.3) is 0 Å². The lowest BCUT2D eigenvalue weighted by Gasteiger charge is -2.14. The summed E-state index contributed by atoms with van der Waals surface area (Å²) >= 11 is 0. The van der Waals surface area contributed by atoms with E-state index in [1.54, 1.807) is 0 Å². The van der Waals surface area contributed by atoms with Crippen LogP contribution in [0.1, 0.15) is 25.7 Å². The zero-order valence-corrected chi connectivity index (χ0v) is 7.19. The molecule has 0 aromatic heterocycles. The first-order chi connectivity index (χ1) is 6.22. The van der Waals surface area contributed by atoms with Crippen molar-refractivity contribution < 1.29 is 24.2 Å². The van der Waals surface area contributed by atoms with Gasteiger partial charge in [-0.3, -0.25) is 4.79 Å². The van der Waals surface area contributed by atoms with Crippen molar-refractivity contribution in [1.29, 1.82) is 0 Å². The standard InChI is InChI=1S/C8H12O5/c9-5-7(11)13-8-4-2-1-3-6(10)12-8/h8-9H,1-5H2/t8-/m1/s1. The number of aliphatic hydroxyl groups is 1. The summed E-state index contributed by atoms with van der Waals surface area (Å²) in [7, 11) is 0. The van der Waals surface area contributed by atoms with Gasteiger partial charge < -0.3 is 14.6 Å². The molecule has 1 aliphatic heterocycles. The first-order valence-corrected chi connectivity index (χ1v) is 4.22. The molecule has 1 rings (SSSR count). The van der Waals surface area contributed by atoms with E-state index in [4.69, 9.17) is 9.84 Å². The van der Waals surface area contributed by atoms with Crippen LogP contribution in [0, 0.1) is 0 Å². The molecule has 0 saturated carbocycles. The molecule has 5 nitrogen and oxygen atoms in total. The lowest BCUT2D eigenvalue weighted by atomic mass is 10.2. The molecule has 1 saturated heterocycles. The maximum atomic E-state index is 10.9. The molecule has 1 aliphatic rings. The Morgan fingerprint density at radius 1 is 1.62 bits per heavy atom. The maximum absolute atomic E-state index is 10.9. The van der Waals surface area contributed by atoms with Crippen LogP contribution in [-0.4, -0.2) is 29.9 Å². The molecule has 0 spiro atoms. The molecule has 5 heteroatoms. The lowest BCUT2D eigenvalue weighted by Crippen LogP contribution is -2.24. The van der Waals surface area contributed by atoms with Crippen molar-refractivity contribution in [3.8, 4) is 0 Å². The number of ether oxygens (including phenoxy) is 2. The molecule has 1 atom stereocenters. The van der Waals surface area contributed by atoms with E-state index < -0.39 is 18.9 Å². The minimum absolute atomic E-state index is 0.353. The first kappa shape index (κ1) is 9.98. The fourth-order valence-electron chi connectivity index (χ4n) is 1.11. The van der Waals surface area contributed by atoms with Gasteiger partial charge >= 0.3 is 11.9 Å². The van der Waals surface area contributed by atoms with Crippen LogP contribution in [0.3, 0.4) is 0 Å². The topological polar surface area (TPSA) is 72.8 Å². The molecular weight excluding hydrogens is 176 g/mol. The van der Waals surface area contributed by atoms with Crippen LogP contribution in [0.5, 0.6) is 0 Å². The van der Waals surface area contributed by atoms with Gasteiger partial charge in [-0.15, -0.1) is 0 Å². The normalized spacial score (nSPS) is 23.2. The van der Waals surface area contributed by atoms with E-state index in [1.807, 2.05) is 0 Å². The average molecular weight is 188 g/mol. The molecule has 1 fully saturated rings. The fourth-order valence-corrected chi connectivity index (χ4v) is 1.11. The van der Waals surface area contributed by atoms with Crippen molar-refractivity contribution >= 4 is 11.9 Å². The molecule has 0 aromatic rings. The summed E-state index contributed by atoms with van der Waals surface area (Å²) in [4.78, 5) is 21.5. The Hall–Kier alpha value is -1.10. The third-order valence-corrected chi connectivity index (χ3v) is 1.73. The van der Waals surface area contributed by atoms with Crippen molar-refractivity contribution in [2.45, 2.75) is 32.0 Å². The SMILES string of the molecule is O=C(CO)O[C@@H]1CCCCC(=O)O1. The number of aliphatic hydroxyl groups excluding tert-OH is 1. The molecule has 0 bridgehead atoms. The Morgan fingerprint density at radius 2 is 2.38 bits per heavy atom. The Morgan fingerprint density at radius 3 is 3.08 bits per heavy atom. The predicted octanol–water partition coefficient (Wildman–Crippen LogP) is -0.0348. The first-order valence-electron chi connectivity index (χ1n) is 4.22. The molecule has 0 aromatic carbocycles. The smallest absolute Gasteiger partial charge is 0.334 e. The number of carbonyl (C=O) groups is 2. The summed E-state index contributed by atoms with van der Waals surface area (Å²) < 4.78 is 9.45. The van der Waals surface area contributed by atoms with Gasteiger partial charge in [0.15, 0.2) is 0 Å². The fraction of sp³-hybridized carbons (Fsp3) is 0.750. The van der Waals surface area contributed by atoms with Crippen molar-refractivity contribution in [3.63, 3.8) is 0 Å². The van der Waals surface area contributed by atoms with Gasteiger partial charge in [-0.2, -0.15) is 0 Å². The van der Waals surface area contributed by atoms with Gasteiger partial charge in [0.1, 0.15) is 6.61 Å². The van der Waals surface area contributed by atoms with E-state index in [0.717, 1.165) is 12.8 Å². The number of hydrogen-bond donors (Lipinski definition) is 1. The number of hydrogen-bond acceptors (Lipinski definition) is 5. The molecule has 0 aliphatic carbocycles. The van der Waals surface area contributed by atoms with Crippen LogP contribution >= 0.6 is 0 Å². The van der Waals surface area contributed by atoms with Crippen LogP contribution < -0.4 is 0 Å². The van der Waals surface area contributed by atoms with Crippen LogP contribution in [0.15, 0.2) is 0 Å². The number of esters is 2. The van der Waals surface area contributed by atoms with E-state index in [2.05, 4.69) is 4.74 Å². The second-order valence-corrected chi connectivity index (χ2v) is 2.81. The molecule has 0 radical (unpaired) electrons. The Labute approximate surface area is 75.6 Å². The van der Waals surface area contributed by atoms with E-state index in [9.17, 15) is 9.59 Å². The highest BCUT2D eigenvalue weighted by Gasteiger charge is 2.21. The van der Waals surface area contributed by atoms with Crippen molar-refractivity contribution in [2.75, 3.05) is 6.61 Å². The number of rotatable bonds is 2. The Kier molecular flexibility index (Phi) is 3.70. The van der Waals surface area contributed by atoms with Crippen molar-refractivity contribution in [2.24, 2.45) is 0 Å². The third kappa shape index (κ3) is 3.42. The second-order valence-electron chi connectivity index (χ2n) is 2.81. The molecule has 0 amide bonds. The summed E-state index contributed by atoms with van der Waals surface area (Å²) in [5.74, 6) is -1.12. The summed E-state index contributed by atoms with van der Waals surface area (Å²) in [5.41, 5.74) is 0. The zero-order chi connectivity index (χ0) is 9.68. The number of cyclic esters (lactones) is 1. The summed E-state index contributed by atoms with van der Waals surface area (Å²) in [6.07, 6.45) is 1.61. The highest BCUT2D eigenvalue weighted by molar-refractivity contribution is 5.72.